The fourth-order valence-electron chi connectivity index (χ4n) is 0.838. The molecular formula is C10H13O4S-. The Morgan fingerprint density at radius 3 is 1.93 bits per heavy atom. The molecule has 0 aliphatic carbocycles. The second-order valence-corrected chi connectivity index (χ2v) is 3.88. The van der Waals surface area contributed by atoms with Gasteiger partial charge in [-0.1, -0.05) is 44.2 Å². The summed E-state index contributed by atoms with van der Waals surface area (Å²) >= 11 is -2.95. The Hall–Kier alpha value is -1.20. The summed E-state index contributed by atoms with van der Waals surface area (Å²) in [5.74, 6) is 0.659. The van der Waals surface area contributed by atoms with E-state index in [9.17, 15) is 0 Å². The van der Waals surface area contributed by atoms with Crippen molar-refractivity contribution < 1.29 is 18.7 Å². The van der Waals surface area contributed by atoms with Gasteiger partial charge in [0.25, 0.3) is 0 Å². The monoisotopic (exact) mass is 229 g/mol. The standard InChI is InChI=1S/C9H12.CH2O4S/c1-8(2)9-6-4-3-5-7-9;2-1(3)6(4)5/h3-8H,1-2H3;(H,2,3)(H,4,5)/p-1. The van der Waals surface area contributed by atoms with Gasteiger partial charge in [-0.05, 0) is 11.5 Å². The molecule has 15 heavy (non-hydrogen) atoms. The molecule has 4 nitrogen and oxygen atoms in total. The topological polar surface area (TPSA) is 77.4 Å². The number of carboxylic acid groups (broad SMARTS) is 1. The average Bonchev–Trinajstić information content (AvgIpc) is 2.20. The van der Waals surface area contributed by atoms with Crippen LogP contribution in [-0.2, 0) is 11.1 Å². The van der Waals surface area contributed by atoms with Crippen molar-refractivity contribution in [1.82, 2.24) is 0 Å². The highest BCUT2D eigenvalue weighted by atomic mass is 32.2. The second-order valence-electron chi connectivity index (χ2n) is 3.07. The van der Waals surface area contributed by atoms with Crippen molar-refractivity contribution in [2.24, 2.45) is 0 Å². The van der Waals surface area contributed by atoms with Gasteiger partial charge in [-0.2, -0.15) is 0 Å². The van der Waals surface area contributed by atoms with Crippen LogP contribution in [-0.4, -0.2) is 19.2 Å². The molecule has 0 radical (unpaired) electrons. The van der Waals surface area contributed by atoms with Crippen LogP contribution in [0.25, 0.3) is 0 Å². The number of hydrogen-bond acceptors (Lipinski definition) is 3. The molecule has 1 aromatic rings. The smallest absolute Gasteiger partial charge is 0.381 e. The van der Waals surface area contributed by atoms with Crippen molar-refractivity contribution in [1.29, 1.82) is 0 Å². The van der Waals surface area contributed by atoms with E-state index in [2.05, 4.69) is 38.1 Å². The molecule has 0 aliphatic rings. The van der Waals surface area contributed by atoms with Crippen molar-refractivity contribution >= 4 is 16.4 Å². The number of benzene rings is 1. The van der Waals surface area contributed by atoms with Crippen molar-refractivity contribution in [3.8, 4) is 0 Å². The van der Waals surface area contributed by atoms with Gasteiger partial charge in [-0.25, -0.2) is 4.79 Å². The second kappa shape index (κ2) is 7.14. The molecule has 0 spiro atoms. The Labute approximate surface area is 91.2 Å². The Kier molecular flexibility index (Phi) is 6.57. The SMILES string of the molecule is CC(C)c1ccccc1.O=C(O)S(=O)[O-]. The summed E-state index contributed by atoms with van der Waals surface area (Å²) < 4.78 is 18.2. The van der Waals surface area contributed by atoms with Crippen molar-refractivity contribution in [2.75, 3.05) is 0 Å². The van der Waals surface area contributed by atoms with Gasteiger partial charge >= 0.3 is 5.30 Å². The molecule has 0 amide bonds. The highest BCUT2D eigenvalue weighted by molar-refractivity contribution is 7.94. The third kappa shape index (κ3) is 6.82. The minimum atomic E-state index is -2.95. The van der Waals surface area contributed by atoms with E-state index in [0.29, 0.717) is 5.92 Å². The summed E-state index contributed by atoms with van der Waals surface area (Å²) in [6.07, 6.45) is 0. The fraction of sp³-hybridized carbons (Fsp3) is 0.300. The molecular weight excluding hydrogens is 216 g/mol. The van der Waals surface area contributed by atoms with Crippen LogP contribution in [0.1, 0.15) is 25.3 Å². The number of carbonyl (C=O) groups is 1. The van der Waals surface area contributed by atoms with Gasteiger partial charge in [-0.3, -0.25) is 4.21 Å². The first-order chi connectivity index (χ1) is 6.95. The predicted molar refractivity (Wildman–Crippen MR) is 57.5 cm³/mol. The fourth-order valence-corrected chi connectivity index (χ4v) is 0.838. The molecule has 1 rings (SSSR count). The predicted octanol–water partition coefficient (Wildman–Crippen LogP) is 2.35. The van der Waals surface area contributed by atoms with Crippen molar-refractivity contribution in [3.63, 3.8) is 0 Å². The Morgan fingerprint density at radius 2 is 1.73 bits per heavy atom. The lowest BCUT2D eigenvalue weighted by atomic mass is 10.0. The van der Waals surface area contributed by atoms with Crippen LogP contribution in [0.4, 0.5) is 4.79 Å². The van der Waals surface area contributed by atoms with Gasteiger partial charge < -0.3 is 9.66 Å². The van der Waals surface area contributed by atoms with Crippen LogP contribution >= 0.6 is 0 Å². The van der Waals surface area contributed by atoms with E-state index in [1.165, 1.54) is 5.56 Å². The maximum atomic E-state index is 9.10. The molecule has 1 aromatic carbocycles. The van der Waals surface area contributed by atoms with Gasteiger partial charge in [0.2, 0.25) is 0 Å². The van der Waals surface area contributed by atoms with Crippen LogP contribution in [0.2, 0.25) is 0 Å². The van der Waals surface area contributed by atoms with Gasteiger partial charge in [-0.15, -0.1) is 0 Å². The van der Waals surface area contributed by atoms with Crippen LogP contribution in [0.15, 0.2) is 30.3 Å². The first-order valence-corrected chi connectivity index (χ1v) is 5.39. The van der Waals surface area contributed by atoms with E-state index in [4.69, 9.17) is 18.7 Å². The average molecular weight is 229 g/mol. The zero-order chi connectivity index (χ0) is 11.8. The van der Waals surface area contributed by atoms with E-state index in [-0.39, 0.29) is 0 Å². The molecule has 1 atom stereocenters. The quantitative estimate of drug-likeness (QED) is 0.750. The third-order valence-electron chi connectivity index (χ3n) is 1.61. The Bertz CT molecular complexity index is 309. The molecule has 1 N–H and O–H groups in total. The molecule has 0 aliphatic heterocycles. The highest BCUT2D eigenvalue weighted by Gasteiger charge is 1.93. The normalized spacial score (nSPS) is 11.5. The molecule has 0 fully saturated rings. The largest absolute Gasteiger partial charge is 0.764 e. The summed E-state index contributed by atoms with van der Waals surface area (Å²) in [6.45, 7) is 4.41. The van der Waals surface area contributed by atoms with Gasteiger partial charge in [0.15, 0.2) is 0 Å². The lowest BCUT2D eigenvalue weighted by molar-refractivity contribution is 0.218. The summed E-state index contributed by atoms with van der Waals surface area (Å²) in [6, 6.07) is 10.5. The first-order valence-electron chi connectivity index (χ1n) is 4.32. The molecule has 84 valence electrons. The van der Waals surface area contributed by atoms with E-state index in [1.807, 2.05) is 6.07 Å². The molecule has 5 heteroatoms. The zero-order valence-corrected chi connectivity index (χ0v) is 9.36. The molecule has 0 heterocycles. The summed E-state index contributed by atoms with van der Waals surface area (Å²) in [5, 5.41) is 5.55. The van der Waals surface area contributed by atoms with Crippen LogP contribution in [0.3, 0.4) is 0 Å². The Morgan fingerprint density at radius 1 is 1.33 bits per heavy atom. The molecule has 0 saturated carbocycles. The minimum absolute atomic E-state index is 0.659. The highest BCUT2D eigenvalue weighted by Crippen LogP contribution is 2.11. The Balaban J connectivity index is 0.000000288. The van der Waals surface area contributed by atoms with E-state index < -0.39 is 16.4 Å². The third-order valence-corrected chi connectivity index (χ3v) is 1.89. The van der Waals surface area contributed by atoms with E-state index >= 15 is 0 Å². The van der Waals surface area contributed by atoms with Gasteiger partial charge in [0.05, 0.1) is 11.1 Å². The molecule has 0 bridgehead atoms. The summed E-state index contributed by atoms with van der Waals surface area (Å²) in [7, 11) is 0. The zero-order valence-electron chi connectivity index (χ0n) is 8.54. The molecule has 0 aromatic heterocycles. The van der Waals surface area contributed by atoms with Crippen molar-refractivity contribution in [2.45, 2.75) is 19.8 Å². The van der Waals surface area contributed by atoms with Crippen LogP contribution in [0.5, 0.6) is 0 Å². The molecule has 0 saturated heterocycles. The van der Waals surface area contributed by atoms with Crippen LogP contribution in [0, 0.1) is 0 Å². The lowest BCUT2D eigenvalue weighted by Crippen LogP contribution is -1.99. The maximum absolute atomic E-state index is 9.10. The summed E-state index contributed by atoms with van der Waals surface area (Å²) in [5.41, 5.74) is 1.41. The van der Waals surface area contributed by atoms with Crippen LogP contribution < -0.4 is 0 Å². The first kappa shape index (κ1) is 13.8. The maximum Gasteiger partial charge on any atom is 0.381 e. The van der Waals surface area contributed by atoms with Gasteiger partial charge in [0, 0.05) is 0 Å². The number of rotatable bonds is 1. The summed E-state index contributed by atoms with van der Waals surface area (Å²) in [4.78, 5) is 9.09. The van der Waals surface area contributed by atoms with Gasteiger partial charge in [0.1, 0.15) is 0 Å². The lowest BCUT2D eigenvalue weighted by Gasteiger charge is -2.01. The molecule has 1 unspecified atom stereocenters. The number of hydrogen-bond donors (Lipinski definition) is 1. The van der Waals surface area contributed by atoms with Crippen molar-refractivity contribution in [3.05, 3.63) is 35.9 Å². The minimum Gasteiger partial charge on any atom is -0.764 e. The van der Waals surface area contributed by atoms with E-state index in [0.717, 1.165) is 0 Å². The van der Waals surface area contributed by atoms with E-state index in [1.54, 1.807) is 0 Å².